The molecule has 0 aliphatic carbocycles. The van der Waals surface area contributed by atoms with Crippen molar-refractivity contribution in [2.45, 2.75) is 13.2 Å². The Labute approximate surface area is 195 Å². The molecule has 1 amide bonds. The summed E-state index contributed by atoms with van der Waals surface area (Å²) in [4.78, 5) is 12.5. The van der Waals surface area contributed by atoms with Crippen LogP contribution in [0, 0.1) is 17.5 Å². The van der Waals surface area contributed by atoms with Gasteiger partial charge in [0.05, 0.1) is 6.54 Å². The van der Waals surface area contributed by atoms with Gasteiger partial charge in [-0.3, -0.25) is 9.48 Å². The van der Waals surface area contributed by atoms with E-state index < -0.39 is 23.4 Å². The van der Waals surface area contributed by atoms with E-state index in [4.69, 9.17) is 32.4 Å². The Kier molecular flexibility index (Phi) is 6.62. The zero-order chi connectivity index (χ0) is 23.5. The van der Waals surface area contributed by atoms with Crippen molar-refractivity contribution in [3.05, 3.63) is 99.3 Å². The van der Waals surface area contributed by atoms with E-state index in [-0.39, 0.29) is 51.8 Å². The van der Waals surface area contributed by atoms with Gasteiger partial charge in [0, 0.05) is 22.8 Å². The maximum absolute atomic E-state index is 14.0. The molecule has 0 aliphatic heterocycles. The number of amides is 1. The summed E-state index contributed by atoms with van der Waals surface area (Å²) in [6.07, 6.45) is 1.42. The van der Waals surface area contributed by atoms with Gasteiger partial charge in [-0.25, -0.2) is 13.2 Å². The van der Waals surface area contributed by atoms with Crippen LogP contribution < -0.4 is 10.1 Å². The quantitative estimate of drug-likeness (QED) is 0.337. The molecule has 2 heterocycles. The molecule has 0 spiro atoms. The van der Waals surface area contributed by atoms with Crippen LogP contribution in [0.3, 0.4) is 0 Å². The van der Waals surface area contributed by atoms with Gasteiger partial charge in [-0.05, 0) is 36.4 Å². The Morgan fingerprint density at radius 1 is 1.06 bits per heavy atom. The van der Waals surface area contributed by atoms with Crippen LogP contribution in [-0.4, -0.2) is 15.7 Å². The Morgan fingerprint density at radius 3 is 2.64 bits per heavy atom. The van der Waals surface area contributed by atoms with Crippen molar-refractivity contribution < 1.29 is 27.1 Å². The summed E-state index contributed by atoms with van der Waals surface area (Å²) in [5, 5.41) is 7.00. The number of rotatable bonds is 7. The third kappa shape index (κ3) is 5.32. The highest BCUT2D eigenvalue weighted by Crippen LogP contribution is 2.25. The first-order valence-corrected chi connectivity index (χ1v) is 10.2. The fraction of sp³-hybridized carbons (Fsp3) is 0.0909. The second-order valence-electron chi connectivity index (χ2n) is 6.81. The van der Waals surface area contributed by atoms with E-state index in [1.165, 1.54) is 35.1 Å². The normalized spacial score (nSPS) is 10.9. The number of ether oxygens (including phenoxy) is 1. The zero-order valence-corrected chi connectivity index (χ0v) is 18.1. The molecule has 0 atom stereocenters. The summed E-state index contributed by atoms with van der Waals surface area (Å²) >= 11 is 12.2. The van der Waals surface area contributed by atoms with Gasteiger partial charge in [0.25, 0.3) is 5.91 Å². The van der Waals surface area contributed by atoms with Crippen molar-refractivity contribution in [3.63, 3.8) is 0 Å². The molecule has 0 bridgehead atoms. The van der Waals surface area contributed by atoms with Crippen LogP contribution in [0.25, 0.3) is 0 Å². The largest absolute Gasteiger partial charge is 0.483 e. The molecule has 2 aromatic carbocycles. The molecule has 0 saturated heterocycles. The number of carbonyl (C=O) groups is 1. The molecule has 0 fully saturated rings. The van der Waals surface area contributed by atoms with Gasteiger partial charge in [0.2, 0.25) is 0 Å². The summed E-state index contributed by atoms with van der Waals surface area (Å²) in [5.41, 5.74) is 0.226. The van der Waals surface area contributed by atoms with E-state index in [0.29, 0.717) is 6.07 Å². The number of nitrogens with zero attached hydrogens (tertiary/aromatic N) is 2. The second-order valence-corrected chi connectivity index (χ2v) is 7.62. The number of furan rings is 1. The number of benzene rings is 2. The third-order valence-corrected chi connectivity index (χ3v) is 5.11. The summed E-state index contributed by atoms with van der Waals surface area (Å²) in [6, 6.07) is 10.1. The average molecular weight is 496 g/mol. The van der Waals surface area contributed by atoms with E-state index in [0.717, 1.165) is 12.1 Å². The molecule has 6 nitrogen and oxygen atoms in total. The smallest absolute Gasteiger partial charge is 0.292 e. The van der Waals surface area contributed by atoms with Gasteiger partial charge in [-0.15, -0.1) is 0 Å². The Hall–Kier alpha value is -3.43. The molecule has 4 aromatic rings. The molecule has 33 heavy (non-hydrogen) atoms. The number of halogens is 5. The van der Waals surface area contributed by atoms with Crippen molar-refractivity contribution in [1.29, 1.82) is 0 Å². The lowest BCUT2D eigenvalue weighted by atomic mass is 10.2. The highest BCUT2D eigenvalue weighted by molar-refractivity contribution is 6.33. The third-order valence-electron chi connectivity index (χ3n) is 4.48. The van der Waals surface area contributed by atoms with Crippen molar-refractivity contribution in [3.8, 4) is 5.75 Å². The minimum atomic E-state index is -0.860. The molecular formula is C22H14Cl2F3N3O3. The van der Waals surface area contributed by atoms with E-state index in [1.54, 1.807) is 6.07 Å². The van der Waals surface area contributed by atoms with Gasteiger partial charge in [0.15, 0.2) is 23.1 Å². The molecule has 0 saturated carbocycles. The van der Waals surface area contributed by atoms with Crippen LogP contribution in [0.2, 0.25) is 10.0 Å². The lowest BCUT2D eigenvalue weighted by molar-refractivity contribution is 0.0992. The van der Waals surface area contributed by atoms with Crippen LogP contribution in [0.1, 0.15) is 21.9 Å². The molecule has 0 radical (unpaired) electrons. The number of aromatic nitrogens is 2. The fourth-order valence-electron chi connectivity index (χ4n) is 2.90. The molecule has 1 N–H and O–H groups in total. The zero-order valence-electron chi connectivity index (χ0n) is 16.6. The predicted octanol–water partition coefficient (Wildman–Crippen LogP) is 6.08. The van der Waals surface area contributed by atoms with Crippen molar-refractivity contribution >= 4 is 34.9 Å². The summed E-state index contributed by atoms with van der Waals surface area (Å²) in [6.45, 7) is -0.183. The van der Waals surface area contributed by atoms with Crippen molar-refractivity contribution in [1.82, 2.24) is 9.78 Å². The van der Waals surface area contributed by atoms with Gasteiger partial charge >= 0.3 is 0 Å². The molecule has 0 aliphatic rings. The summed E-state index contributed by atoms with van der Waals surface area (Å²) < 4.78 is 52.6. The molecule has 4 rings (SSSR count). The first kappa shape index (κ1) is 22.8. The molecule has 11 heteroatoms. The first-order chi connectivity index (χ1) is 15.8. The van der Waals surface area contributed by atoms with Gasteiger partial charge in [-0.2, -0.15) is 5.10 Å². The summed E-state index contributed by atoms with van der Waals surface area (Å²) in [5.74, 6) is -2.69. The van der Waals surface area contributed by atoms with E-state index in [1.807, 2.05) is 0 Å². The molecular weight excluding hydrogens is 482 g/mol. The number of carbonyl (C=O) groups excluding carboxylic acids is 1. The van der Waals surface area contributed by atoms with Crippen LogP contribution in [0.15, 0.2) is 59.1 Å². The average Bonchev–Trinajstić information content (AvgIpc) is 3.37. The Balaban J connectivity index is 1.40. The van der Waals surface area contributed by atoms with Gasteiger partial charge in [0.1, 0.15) is 29.0 Å². The second kappa shape index (κ2) is 9.60. The fourth-order valence-corrected chi connectivity index (χ4v) is 3.32. The van der Waals surface area contributed by atoms with Crippen LogP contribution in [0.5, 0.6) is 5.75 Å². The lowest BCUT2D eigenvalue weighted by Gasteiger charge is -2.06. The highest BCUT2D eigenvalue weighted by Gasteiger charge is 2.17. The van der Waals surface area contributed by atoms with Gasteiger partial charge < -0.3 is 14.5 Å². The van der Waals surface area contributed by atoms with Crippen molar-refractivity contribution in [2.24, 2.45) is 0 Å². The maximum Gasteiger partial charge on any atom is 0.292 e. The highest BCUT2D eigenvalue weighted by atomic mass is 35.5. The molecule has 2 aromatic heterocycles. The number of hydrogen-bond acceptors (Lipinski definition) is 4. The molecule has 170 valence electrons. The lowest BCUT2D eigenvalue weighted by Crippen LogP contribution is -2.12. The van der Waals surface area contributed by atoms with Crippen LogP contribution in [0.4, 0.5) is 19.0 Å². The van der Waals surface area contributed by atoms with E-state index >= 15 is 0 Å². The number of nitrogens with one attached hydrogen (secondary N) is 1. The first-order valence-electron chi connectivity index (χ1n) is 9.44. The standard InChI is InChI=1S/C22H14Cl2F3N3O3/c23-15-2-1-3-17(26)14(15)9-30-10-16(24)21(29-30)28-22(31)20-7-5-13(33-20)11-32-19-6-4-12(25)8-18(19)27/h1-8,10H,9,11H2,(H,28,29,31). The minimum absolute atomic E-state index is 0.00326. The number of anilines is 1. The van der Waals surface area contributed by atoms with E-state index in [9.17, 15) is 18.0 Å². The Morgan fingerprint density at radius 2 is 1.88 bits per heavy atom. The van der Waals surface area contributed by atoms with Crippen molar-refractivity contribution in [2.75, 3.05) is 5.32 Å². The van der Waals surface area contributed by atoms with Crippen LogP contribution >= 0.6 is 23.2 Å². The predicted molar refractivity (Wildman–Crippen MR) is 115 cm³/mol. The Bertz CT molecular complexity index is 1300. The SMILES string of the molecule is O=C(Nc1nn(Cc2c(F)cccc2Cl)cc1Cl)c1ccc(COc2ccc(F)cc2F)o1. The van der Waals surface area contributed by atoms with Gasteiger partial charge in [-0.1, -0.05) is 29.3 Å². The molecule has 0 unspecified atom stereocenters. The topological polar surface area (TPSA) is 69.3 Å². The minimum Gasteiger partial charge on any atom is -0.483 e. The maximum atomic E-state index is 14.0. The van der Waals surface area contributed by atoms with E-state index in [2.05, 4.69) is 10.4 Å². The van der Waals surface area contributed by atoms with Crippen LogP contribution in [-0.2, 0) is 13.2 Å². The summed E-state index contributed by atoms with van der Waals surface area (Å²) in [7, 11) is 0. The number of hydrogen-bond donors (Lipinski definition) is 1. The monoisotopic (exact) mass is 495 g/mol.